The molecule has 0 aliphatic rings. The highest BCUT2D eigenvalue weighted by Gasteiger charge is 2.06. The number of aromatic carboxylic acids is 1. The van der Waals surface area contributed by atoms with Gasteiger partial charge in [-0.25, -0.2) is 4.79 Å². The monoisotopic (exact) mass is 256 g/mol. The molecule has 94 valence electrons. The van der Waals surface area contributed by atoms with Crippen LogP contribution in [0.2, 0.25) is 0 Å². The molecular formula is C11H16N2O3S. The Bertz CT molecular complexity index is 406. The molecule has 1 aromatic heterocycles. The van der Waals surface area contributed by atoms with Crippen LogP contribution in [0.4, 0.5) is 0 Å². The van der Waals surface area contributed by atoms with Crippen molar-refractivity contribution in [3.05, 3.63) is 29.6 Å². The summed E-state index contributed by atoms with van der Waals surface area (Å²) in [6.07, 6.45) is 3.01. The number of nitrogens with zero attached hydrogens (tertiary/aromatic N) is 1. The summed E-state index contributed by atoms with van der Waals surface area (Å²) in [7, 11) is -0.839. The number of aromatic nitrogens is 1. The molecule has 0 radical (unpaired) electrons. The fourth-order valence-electron chi connectivity index (χ4n) is 1.18. The Kier molecular flexibility index (Phi) is 5.24. The van der Waals surface area contributed by atoms with Gasteiger partial charge in [0.05, 0.1) is 11.3 Å². The minimum Gasteiger partial charge on any atom is -0.478 e. The van der Waals surface area contributed by atoms with E-state index in [1.807, 2.05) is 6.92 Å². The molecule has 6 heteroatoms. The van der Waals surface area contributed by atoms with E-state index in [9.17, 15) is 9.00 Å². The highest BCUT2D eigenvalue weighted by atomic mass is 32.2. The second-order valence-electron chi connectivity index (χ2n) is 3.78. The highest BCUT2D eigenvalue weighted by Crippen LogP contribution is 2.00. The molecular weight excluding hydrogens is 240 g/mol. The van der Waals surface area contributed by atoms with Crippen LogP contribution in [0, 0.1) is 0 Å². The van der Waals surface area contributed by atoms with E-state index in [1.165, 1.54) is 12.3 Å². The largest absolute Gasteiger partial charge is 0.478 e. The molecule has 0 aliphatic carbocycles. The highest BCUT2D eigenvalue weighted by molar-refractivity contribution is 7.84. The third kappa shape index (κ3) is 4.62. The zero-order valence-corrected chi connectivity index (χ0v) is 10.7. The normalized spacial score (nSPS) is 14.2. The number of pyridine rings is 1. The van der Waals surface area contributed by atoms with Crippen molar-refractivity contribution >= 4 is 16.8 Å². The predicted molar refractivity (Wildman–Crippen MR) is 66.4 cm³/mol. The lowest BCUT2D eigenvalue weighted by molar-refractivity contribution is 0.0696. The Morgan fingerprint density at radius 2 is 2.29 bits per heavy atom. The minimum atomic E-state index is -0.980. The third-order valence-corrected chi connectivity index (χ3v) is 3.68. The molecule has 2 atom stereocenters. The first-order valence-electron chi connectivity index (χ1n) is 5.22. The van der Waals surface area contributed by atoms with E-state index in [0.717, 1.165) is 5.69 Å². The van der Waals surface area contributed by atoms with Crippen molar-refractivity contribution in [1.29, 1.82) is 0 Å². The van der Waals surface area contributed by atoms with Crippen molar-refractivity contribution in [3.8, 4) is 0 Å². The van der Waals surface area contributed by atoms with Crippen LogP contribution in [0.15, 0.2) is 18.3 Å². The molecule has 0 bridgehead atoms. The van der Waals surface area contributed by atoms with E-state index in [1.54, 1.807) is 12.3 Å². The van der Waals surface area contributed by atoms with Crippen LogP contribution in [0.3, 0.4) is 0 Å². The molecule has 0 saturated heterocycles. The maximum atomic E-state index is 11.1. The number of carboxylic acids is 1. The molecule has 0 amide bonds. The maximum Gasteiger partial charge on any atom is 0.337 e. The first kappa shape index (κ1) is 13.8. The van der Waals surface area contributed by atoms with Gasteiger partial charge in [0.1, 0.15) is 0 Å². The molecule has 1 aromatic rings. The van der Waals surface area contributed by atoms with Gasteiger partial charge >= 0.3 is 5.97 Å². The fraction of sp³-hybridized carbons (Fsp3) is 0.455. The van der Waals surface area contributed by atoms with Gasteiger partial charge < -0.3 is 10.4 Å². The molecule has 0 aliphatic heterocycles. The standard InChI is InChI=1S/C11H16N2O3S/c1-8(17(2)16)5-12-7-10-4-3-9(6-13-10)11(14)15/h3-4,6,8,12H,5,7H2,1-2H3,(H,14,15). The molecule has 1 rings (SSSR count). The Labute approximate surface area is 103 Å². The Hall–Kier alpha value is -1.27. The Morgan fingerprint density at radius 3 is 2.76 bits per heavy atom. The molecule has 17 heavy (non-hydrogen) atoms. The number of carboxylic acid groups (broad SMARTS) is 1. The van der Waals surface area contributed by atoms with Crippen LogP contribution in [0.1, 0.15) is 23.0 Å². The summed E-state index contributed by atoms with van der Waals surface area (Å²) in [5.41, 5.74) is 0.945. The minimum absolute atomic E-state index is 0.0910. The van der Waals surface area contributed by atoms with Crippen LogP contribution in [0.25, 0.3) is 0 Å². The third-order valence-electron chi connectivity index (χ3n) is 2.38. The van der Waals surface area contributed by atoms with E-state index >= 15 is 0 Å². The first-order chi connectivity index (χ1) is 8.00. The molecule has 2 unspecified atom stereocenters. The van der Waals surface area contributed by atoms with E-state index in [4.69, 9.17) is 5.11 Å². The van der Waals surface area contributed by atoms with E-state index in [0.29, 0.717) is 13.1 Å². The van der Waals surface area contributed by atoms with Crippen molar-refractivity contribution in [2.45, 2.75) is 18.7 Å². The van der Waals surface area contributed by atoms with Crippen molar-refractivity contribution in [2.75, 3.05) is 12.8 Å². The fourth-order valence-corrected chi connectivity index (χ4v) is 1.53. The quantitative estimate of drug-likeness (QED) is 0.780. The predicted octanol–water partition coefficient (Wildman–Crippen LogP) is 0.636. The van der Waals surface area contributed by atoms with E-state index in [-0.39, 0.29) is 10.8 Å². The smallest absolute Gasteiger partial charge is 0.337 e. The van der Waals surface area contributed by atoms with Gasteiger partial charge in [-0.15, -0.1) is 0 Å². The molecule has 0 fully saturated rings. The average Bonchev–Trinajstić information content (AvgIpc) is 2.29. The van der Waals surface area contributed by atoms with E-state index in [2.05, 4.69) is 10.3 Å². The summed E-state index contributed by atoms with van der Waals surface area (Å²) in [6, 6.07) is 3.19. The number of nitrogens with one attached hydrogen (secondary N) is 1. The lowest BCUT2D eigenvalue weighted by Gasteiger charge is -2.09. The lowest BCUT2D eigenvalue weighted by atomic mass is 10.2. The number of hydrogen-bond acceptors (Lipinski definition) is 4. The molecule has 1 heterocycles. The van der Waals surface area contributed by atoms with Crippen LogP contribution >= 0.6 is 0 Å². The van der Waals surface area contributed by atoms with Gasteiger partial charge in [-0.2, -0.15) is 0 Å². The van der Waals surface area contributed by atoms with Crippen molar-refractivity contribution in [3.63, 3.8) is 0 Å². The van der Waals surface area contributed by atoms with Crippen LogP contribution < -0.4 is 5.32 Å². The van der Waals surface area contributed by atoms with Gasteiger partial charge in [-0.05, 0) is 19.1 Å². The molecule has 2 N–H and O–H groups in total. The number of rotatable bonds is 6. The number of carbonyl (C=O) groups is 1. The second-order valence-corrected chi connectivity index (χ2v) is 5.59. The van der Waals surface area contributed by atoms with Gasteiger partial charge in [0.2, 0.25) is 0 Å². The van der Waals surface area contributed by atoms with E-state index < -0.39 is 16.8 Å². The summed E-state index contributed by atoms with van der Waals surface area (Å²) >= 11 is 0. The summed E-state index contributed by atoms with van der Waals surface area (Å²) in [5, 5.41) is 11.9. The van der Waals surface area contributed by atoms with Crippen LogP contribution in [0.5, 0.6) is 0 Å². The topological polar surface area (TPSA) is 79.3 Å². The SMILES string of the molecule is CC(CNCc1ccc(C(=O)O)cn1)S(C)=O. The zero-order valence-electron chi connectivity index (χ0n) is 9.84. The summed E-state index contributed by atoms with van der Waals surface area (Å²) in [4.78, 5) is 14.6. The van der Waals surface area contributed by atoms with Gasteiger partial charge in [-0.3, -0.25) is 9.19 Å². The van der Waals surface area contributed by atoms with Crippen molar-refractivity contribution in [1.82, 2.24) is 10.3 Å². The van der Waals surface area contributed by atoms with Crippen molar-refractivity contribution in [2.24, 2.45) is 0 Å². The van der Waals surface area contributed by atoms with Gasteiger partial charge in [0.15, 0.2) is 0 Å². The van der Waals surface area contributed by atoms with Crippen LogP contribution in [-0.2, 0) is 17.3 Å². The van der Waals surface area contributed by atoms with Gasteiger partial charge in [0.25, 0.3) is 0 Å². The zero-order chi connectivity index (χ0) is 12.8. The lowest BCUT2D eigenvalue weighted by Crippen LogP contribution is -2.27. The Balaban J connectivity index is 2.42. The molecule has 5 nitrogen and oxygen atoms in total. The van der Waals surface area contributed by atoms with Crippen LogP contribution in [-0.4, -0.2) is 38.3 Å². The summed E-state index contributed by atoms with van der Waals surface area (Å²) in [5.74, 6) is -0.980. The molecule has 0 saturated carbocycles. The second kappa shape index (κ2) is 6.46. The Morgan fingerprint density at radius 1 is 1.59 bits per heavy atom. The number of hydrogen-bond donors (Lipinski definition) is 2. The average molecular weight is 256 g/mol. The summed E-state index contributed by atoms with van der Waals surface area (Å²) < 4.78 is 11.1. The maximum absolute atomic E-state index is 11.1. The molecule has 0 aromatic carbocycles. The molecule has 0 spiro atoms. The van der Waals surface area contributed by atoms with Crippen molar-refractivity contribution < 1.29 is 14.1 Å². The van der Waals surface area contributed by atoms with Gasteiger partial charge in [0, 0.05) is 41.6 Å². The van der Waals surface area contributed by atoms with Gasteiger partial charge in [-0.1, -0.05) is 0 Å². The summed E-state index contributed by atoms with van der Waals surface area (Å²) in [6.45, 7) is 3.09. The first-order valence-corrected chi connectivity index (χ1v) is 6.84.